The molecule has 0 radical (unpaired) electrons. The average Bonchev–Trinajstić information content (AvgIpc) is 2.28. The third-order valence-electron chi connectivity index (χ3n) is 3.22. The molecule has 1 atom stereocenters. The summed E-state index contributed by atoms with van der Waals surface area (Å²) in [6.45, 7) is 3.40. The Bertz CT molecular complexity index is 375. The maximum Gasteiger partial charge on any atom is 0.220 e. The Labute approximate surface area is 109 Å². The number of carbonyl (C=O) groups excluding carboxylic acids is 1. The van der Waals surface area contributed by atoms with E-state index < -0.39 is 10.0 Å². The number of sulfonamides is 1. The van der Waals surface area contributed by atoms with E-state index in [1.807, 2.05) is 6.92 Å². The zero-order valence-electron chi connectivity index (χ0n) is 11.1. The SMILES string of the molecule is CC(CN)CC(=O)NC1CCN(S(C)(=O)=O)CC1. The third-order valence-corrected chi connectivity index (χ3v) is 4.53. The quantitative estimate of drug-likeness (QED) is 0.709. The van der Waals surface area contributed by atoms with Crippen LogP contribution in [0.3, 0.4) is 0 Å². The maximum absolute atomic E-state index is 11.7. The van der Waals surface area contributed by atoms with Crippen LogP contribution in [0.4, 0.5) is 0 Å². The molecule has 1 aliphatic rings. The Kier molecular flexibility index (Phi) is 5.55. The van der Waals surface area contributed by atoms with Crippen LogP contribution < -0.4 is 11.1 Å². The monoisotopic (exact) mass is 277 g/mol. The smallest absolute Gasteiger partial charge is 0.220 e. The van der Waals surface area contributed by atoms with Gasteiger partial charge in [0, 0.05) is 25.6 Å². The highest BCUT2D eigenvalue weighted by molar-refractivity contribution is 7.88. The van der Waals surface area contributed by atoms with Crippen molar-refractivity contribution in [3.05, 3.63) is 0 Å². The number of hydrogen-bond donors (Lipinski definition) is 2. The van der Waals surface area contributed by atoms with Gasteiger partial charge < -0.3 is 11.1 Å². The number of nitrogens with zero attached hydrogens (tertiary/aromatic N) is 1. The van der Waals surface area contributed by atoms with Crippen LogP contribution in [0.2, 0.25) is 0 Å². The van der Waals surface area contributed by atoms with Gasteiger partial charge in [0.05, 0.1) is 6.26 Å². The first-order valence-electron chi connectivity index (χ1n) is 6.27. The number of hydrogen-bond acceptors (Lipinski definition) is 4. The zero-order valence-corrected chi connectivity index (χ0v) is 11.9. The van der Waals surface area contributed by atoms with Crippen molar-refractivity contribution in [2.75, 3.05) is 25.9 Å². The molecule has 0 saturated carbocycles. The van der Waals surface area contributed by atoms with Gasteiger partial charge in [-0.25, -0.2) is 12.7 Å². The van der Waals surface area contributed by atoms with E-state index in [1.54, 1.807) is 0 Å². The summed E-state index contributed by atoms with van der Waals surface area (Å²) in [7, 11) is -3.10. The van der Waals surface area contributed by atoms with Gasteiger partial charge in [-0.3, -0.25) is 4.79 Å². The summed E-state index contributed by atoms with van der Waals surface area (Å²) < 4.78 is 24.1. The highest BCUT2D eigenvalue weighted by Crippen LogP contribution is 2.13. The lowest BCUT2D eigenvalue weighted by atomic mass is 10.0. The number of carbonyl (C=O) groups is 1. The molecule has 7 heteroatoms. The van der Waals surface area contributed by atoms with E-state index in [-0.39, 0.29) is 17.9 Å². The van der Waals surface area contributed by atoms with Crippen LogP contribution in [0.25, 0.3) is 0 Å². The second-order valence-corrected chi connectivity index (χ2v) is 7.03. The molecular formula is C11H23N3O3S. The summed E-state index contributed by atoms with van der Waals surface area (Å²) >= 11 is 0. The number of nitrogens with one attached hydrogen (secondary N) is 1. The Balaban J connectivity index is 2.34. The van der Waals surface area contributed by atoms with Gasteiger partial charge in [-0.05, 0) is 25.3 Å². The first-order valence-corrected chi connectivity index (χ1v) is 8.12. The molecule has 3 N–H and O–H groups in total. The summed E-state index contributed by atoms with van der Waals surface area (Å²) in [4.78, 5) is 11.7. The van der Waals surface area contributed by atoms with Crippen molar-refractivity contribution in [1.82, 2.24) is 9.62 Å². The Morgan fingerprint density at radius 1 is 1.44 bits per heavy atom. The number of piperidine rings is 1. The lowest BCUT2D eigenvalue weighted by Crippen LogP contribution is -2.46. The summed E-state index contributed by atoms with van der Waals surface area (Å²) in [6, 6.07) is 0.0838. The van der Waals surface area contributed by atoms with Crippen molar-refractivity contribution in [3.8, 4) is 0 Å². The predicted octanol–water partition coefficient (Wildman–Crippen LogP) is -0.488. The zero-order chi connectivity index (χ0) is 13.8. The fourth-order valence-corrected chi connectivity index (χ4v) is 2.89. The van der Waals surface area contributed by atoms with E-state index in [0.717, 1.165) is 0 Å². The van der Waals surface area contributed by atoms with Crippen LogP contribution in [-0.2, 0) is 14.8 Å². The molecule has 1 aliphatic heterocycles. The summed E-state index contributed by atoms with van der Waals surface area (Å²) in [5.74, 6) is 0.187. The van der Waals surface area contributed by atoms with E-state index >= 15 is 0 Å². The number of rotatable bonds is 5. The van der Waals surface area contributed by atoms with Crippen LogP contribution in [0.15, 0.2) is 0 Å². The highest BCUT2D eigenvalue weighted by Gasteiger charge is 2.25. The van der Waals surface area contributed by atoms with Gasteiger partial charge in [0.2, 0.25) is 15.9 Å². The highest BCUT2D eigenvalue weighted by atomic mass is 32.2. The molecule has 1 amide bonds. The molecule has 1 heterocycles. The minimum absolute atomic E-state index is 0.00533. The fraction of sp³-hybridized carbons (Fsp3) is 0.909. The molecule has 0 aromatic carbocycles. The Hall–Kier alpha value is -0.660. The van der Waals surface area contributed by atoms with Gasteiger partial charge in [0.25, 0.3) is 0 Å². The molecule has 0 bridgehead atoms. The van der Waals surface area contributed by atoms with Gasteiger partial charge in [0.1, 0.15) is 0 Å². The summed E-state index contributed by atoms with van der Waals surface area (Å²) in [5, 5.41) is 2.94. The van der Waals surface area contributed by atoms with Crippen LogP contribution in [0.5, 0.6) is 0 Å². The van der Waals surface area contributed by atoms with Crippen molar-refractivity contribution in [3.63, 3.8) is 0 Å². The second-order valence-electron chi connectivity index (χ2n) is 5.05. The molecule has 0 aromatic rings. The van der Waals surface area contributed by atoms with Gasteiger partial charge >= 0.3 is 0 Å². The van der Waals surface area contributed by atoms with Gasteiger partial charge in [-0.2, -0.15) is 0 Å². The van der Waals surface area contributed by atoms with Gasteiger partial charge in [-0.15, -0.1) is 0 Å². The fourth-order valence-electron chi connectivity index (χ4n) is 2.02. The third kappa shape index (κ3) is 4.91. The summed E-state index contributed by atoms with van der Waals surface area (Å²) in [6.07, 6.45) is 3.00. The lowest BCUT2D eigenvalue weighted by molar-refractivity contribution is -0.122. The topological polar surface area (TPSA) is 92.5 Å². The maximum atomic E-state index is 11.7. The lowest BCUT2D eigenvalue weighted by Gasteiger charge is -2.30. The largest absolute Gasteiger partial charge is 0.353 e. The molecule has 18 heavy (non-hydrogen) atoms. The molecule has 1 rings (SSSR count). The summed E-state index contributed by atoms with van der Waals surface area (Å²) in [5.41, 5.74) is 5.47. The standard InChI is InChI=1S/C11H23N3O3S/c1-9(8-12)7-11(15)13-10-3-5-14(6-4-10)18(2,16)17/h9-10H,3-8,12H2,1-2H3,(H,13,15). The van der Waals surface area contributed by atoms with Crippen LogP contribution >= 0.6 is 0 Å². The van der Waals surface area contributed by atoms with E-state index in [1.165, 1.54) is 10.6 Å². The van der Waals surface area contributed by atoms with E-state index in [2.05, 4.69) is 5.32 Å². The minimum Gasteiger partial charge on any atom is -0.353 e. The van der Waals surface area contributed by atoms with E-state index in [9.17, 15) is 13.2 Å². The number of nitrogens with two attached hydrogens (primary N) is 1. The van der Waals surface area contributed by atoms with Gasteiger partial charge in [0.15, 0.2) is 0 Å². The molecule has 0 spiro atoms. The second kappa shape index (κ2) is 6.49. The van der Waals surface area contributed by atoms with Crippen LogP contribution in [0.1, 0.15) is 26.2 Å². The van der Waals surface area contributed by atoms with Crippen molar-refractivity contribution in [2.24, 2.45) is 11.7 Å². The van der Waals surface area contributed by atoms with Crippen molar-refractivity contribution >= 4 is 15.9 Å². The van der Waals surface area contributed by atoms with Gasteiger partial charge in [-0.1, -0.05) is 6.92 Å². The normalized spacial score (nSPS) is 20.6. The molecule has 1 saturated heterocycles. The van der Waals surface area contributed by atoms with E-state index in [4.69, 9.17) is 5.73 Å². The molecule has 1 fully saturated rings. The molecule has 106 valence electrons. The van der Waals surface area contributed by atoms with Crippen LogP contribution in [0, 0.1) is 5.92 Å². The minimum atomic E-state index is -3.10. The Morgan fingerprint density at radius 2 is 2.00 bits per heavy atom. The Morgan fingerprint density at radius 3 is 2.44 bits per heavy atom. The van der Waals surface area contributed by atoms with Crippen molar-refractivity contribution in [1.29, 1.82) is 0 Å². The van der Waals surface area contributed by atoms with Crippen molar-refractivity contribution < 1.29 is 13.2 Å². The first kappa shape index (κ1) is 15.4. The van der Waals surface area contributed by atoms with Crippen molar-refractivity contribution in [2.45, 2.75) is 32.2 Å². The molecule has 0 aliphatic carbocycles. The molecule has 1 unspecified atom stereocenters. The number of amides is 1. The average molecular weight is 277 g/mol. The van der Waals surface area contributed by atoms with Crippen LogP contribution in [-0.4, -0.2) is 50.6 Å². The first-order chi connectivity index (χ1) is 8.32. The van der Waals surface area contributed by atoms with E-state index in [0.29, 0.717) is 38.9 Å². The molecule has 0 aromatic heterocycles. The molecular weight excluding hydrogens is 254 g/mol. The molecule has 6 nitrogen and oxygen atoms in total. The predicted molar refractivity (Wildman–Crippen MR) is 70.4 cm³/mol.